The lowest BCUT2D eigenvalue weighted by molar-refractivity contribution is 0.117. The summed E-state index contributed by atoms with van der Waals surface area (Å²) in [4.78, 5) is 12.0. The van der Waals surface area contributed by atoms with E-state index >= 15 is 0 Å². The van der Waals surface area contributed by atoms with Gasteiger partial charge in [-0.15, -0.1) is 0 Å². The van der Waals surface area contributed by atoms with E-state index in [1.807, 2.05) is 12.3 Å². The van der Waals surface area contributed by atoms with Crippen molar-refractivity contribution in [2.45, 2.75) is 25.4 Å². The highest BCUT2D eigenvalue weighted by atomic mass is 16.5. The first-order chi connectivity index (χ1) is 7.34. The maximum atomic E-state index is 5.54. The van der Waals surface area contributed by atoms with E-state index in [1.165, 1.54) is 0 Å². The molecule has 2 aromatic rings. The summed E-state index contributed by atoms with van der Waals surface area (Å²) >= 11 is 0. The van der Waals surface area contributed by atoms with Crippen LogP contribution in [0.4, 0.5) is 0 Å². The van der Waals surface area contributed by atoms with E-state index in [4.69, 9.17) is 4.74 Å². The summed E-state index contributed by atoms with van der Waals surface area (Å²) < 4.78 is 5.54. The van der Waals surface area contributed by atoms with Crippen LogP contribution in [0.15, 0.2) is 18.5 Å². The van der Waals surface area contributed by atoms with Gasteiger partial charge in [-0.3, -0.25) is 4.98 Å². The van der Waals surface area contributed by atoms with Crippen LogP contribution in [0.3, 0.4) is 0 Å². The van der Waals surface area contributed by atoms with Gasteiger partial charge in [0.15, 0.2) is 0 Å². The molecule has 0 bridgehead atoms. The van der Waals surface area contributed by atoms with Crippen LogP contribution in [-0.4, -0.2) is 27.7 Å². The Morgan fingerprint density at radius 2 is 2.47 bits per heavy atom. The number of nitrogens with zero attached hydrogens (tertiary/aromatic N) is 2. The molecule has 15 heavy (non-hydrogen) atoms. The van der Waals surface area contributed by atoms with Gasteiger partial charge < -0.3 is 9.72 Å². The van der Waals surface area contributed by atoms with E-state index in [0.29, 0.717) is 5.92 Å². The molecule has 2 aromatic heterocycles. The second kappa shape index (κ2) is 3.31. The van der Waals surface area contributed by atoms with Crippen LogP contribution >= 0.6 is 0 Å². The van der Waals surface area contributed by atoms with Gasteiger partial charge >= 0.3 is 0 Å². The van der Waals surface area contributed by atoms with E-state index in [1.54, 1.807) is 6.20 Å². The molecule has 2 atom stereocenters. The van der Waals surface area contributed by atoms with Crippen molar-refractivity contribution in [3.8, 4) is 0 Å². The molecule has 3 rings (SSSR count). The quantitative estimate of drug-likeness (QED) is 0.769. The zero-order valence-corrected chi connectivity index (χ0v) is 8.60. The zero-order chi connectivity index (χ0) is 10.3. The molecule has 1 saturated heterocycles. The molecule has 0 aliphatic carbocycles. The van der Waals surface area contributed by atoms with Gasteiger partial charge in [-0.05, 0) is 19.4 Å². The summed E-state index contributed by atoms with van der Waals surface area (Å²) in [5, 5.41) is 0. The normalized spacial score (nSPS) is 26.2. The third-order valence-electron chi connectivity index (χ3n) is 3.03. The molecule has 3 heterocycles. The average Bonchev–Trinajstić information content (AvgIpc) is 2.82. The Labute approximate surface area is 87.7 Å². The lowest BCUT2D eigenvalue weighted by Gasteiger charge is -2.09. The number of H-pyrrole nitrogens is 1. The molecule has 0 radical (unpaired) electrons. The molecule has 1 aliphatic heterocycles. The average molecular weight is 203 g/mol. The van der Waals surface area contributed by atoms with Crippen molar-refractivity contribution in [2.75, 3.05) is 6.61 Å². The van der Waals surface area contributed by atoms with Crippen molar-refractivity contribution in [3.63, 3.8) is 0 Å². The van der Waals surface area contributed by atoms with Crippen LogP contribution in [0.5, 0.6) is 0 Å². The van der Waals surface area contributed by atoms with Crippen LogP contribution in [-0.2, 0) is 4.74 Å². The minimum Gasteiger partial charge on any atom is -0.378 e. The number of fused-ring (bicyclic) bond motifs is 1. The van der Waals surface area contributed by atoms with Crippen molar-refractivity contribution in [1.82, 2.24) is 15.0 Å². The third-order valence-corrected chi connectivity index (χ3v) is 3.03. The van der Waals surface area contributed by atoms with Crippen molar-refractivity contribution < 1.29 is 4.74 Å². The van der Waals surface area contributed by atoms with Gasteiger partial charge in [-0.1, -0.05) is 0 Å². The van der Waals surface area contributed by atoms with Gasteiger partial charge in [0.25, 0.3) is 0 Å². The third kappa shape index (κ3) is 1.41. The van der Waals surface area contributed by atoms with Crippen molar-refractivity contribution in [1.29, 1.82) is 0 Å². The summed E-state index contributed by atoms with van der Waals surface area (Å²) in [6, 6.07) is 1.93. The second-order valence-electron chi connectivity index (χ2n) is 3.99. The summed E-state index contributed by atoms with van der Waals surface area (Å²) in [5.74, 6) is 1.43. The first-order valence-corrected chi connectivity index (χ1v) is 5.26. The molecule has 78 valence electrons. The maximum Gasteiger partial charge on any atom is 0.113 e. The van der Waals surface area contributed by atoms with E-state index in [-0.39, 0.29) is 6.10 Å². The Kier molecular flexibility index (Phi) is 1.95. The molecule has 1 N–H and O–H groups in total. The summed E-state index contributed by atoms with van der Waals surface area (Å²) in [7, 11) is 0. The molecular weight excluding hydrogens is 190 g/mol. The lowest BCUT2D eigenvalue weighted by atomic mass is 10.0. The van der Waals surface area contributed by atoms with Crippen LogP contribution < -0.4 is 0 Å². The van der Waals surface area contributed by atoms with Gasteiger partial charge in [0.2, 0.25) is 0 Å². The Morgan fingerprint density at radius 3 is 3.20 bits per heavy atom. The number of aromatic amines is 1. The number of pyridine rings is 1. The summed E-state index contributed by atoms with van der Waals surface area (Å²) in [6.07, 6.45) is 4.89. The molecule has 4 heteroatoms. The van der Waals surface area contributed by atoms with Crippen molar-refractivity contribution >= 4 is 11.0 Å². The van der Waals surface area contributed by atoms with E-state index in [9.17, 15) is 0 Å². The van der Waals surface area contributed by atoms with Crippen LogP contribution in [0, 0.1) is 0 Å². The fourth-order valence-electron chi connectivity index (χ4n) is 2.14. The molecule has 1 aliphatic rings. The highest BCUT2D eigenvalue weighted by Gasteiger charge is 2.28. The topological polar surface area (TPSA) is 50.8 Å². The van der Waals surface area contributed by atoms with Crippen molar-refractivity contribution in [3.05, 3.63) is 24.3 Å². The van der Waals surface area contributed by atoms with Gasteiger partial charge in [-0.25, -0.2) is 4.98 Å². The maximum absolute atomic E-state index is 5.54. The fourth-order valence-corrected chi connectivity index (χ4v) is 2.14. The second-order valence-corrected chi connectivity index (χ2v) is 3.99. The Balaban J connectivity index is 2.04. The molecule has 0 aromatic carbocycles. The largest absolute Gasteiger partial charge is 0.378 e. The SMILES string of the molecule is CC1OCCC1c1nc2ccncc2[nH]1. The number of hydrogen-bond acceptors (Lipinski definition) is 3. The fraction of sp³-hybridized carbons (Fsp3) is 0.455. The molecule has 0 amide bonds. The molecule has 1 fully saturated rings. The van der Waals surface area contributed by atoms with Gasteiger partial charge in [0.1, 0.15) is 5.82 Å². The highest BCUT2D eigenvalue weighted by Crippen LogP contribution is 2.30. The van der Waals surface area contributed by atoms with Crippen molar-refractivity contribution in [2.24, 2.45) is 0 Å². The molecule has 2 unspecified atom stereocenters. The summed E-state index contributed by atoms with van der Waals surface area (Å²) in [6.45, 7) is 2.93. The van der Waals surface area contributed by atoms with Crippen LogP contribution in [0.1, 0.15) is 25.1 Å². The zero-order valence-electron chi connectivity index (χ0n) is 8.60. The number of imidazole rings is 1. The smallest absolute Gasteiger partial charge is 0.113 e. The number of aromatic nitrogens is 3. The predicted molar refractivity (Wildman–Crippen MR) is 56.7 cm³/mol. The van der Waals surface area contributed by atoms with Crippen LogP contribution in [0.25, 0.3) is 11.0 Å². The molecule has 0 spiro atoms. The number of rotatable bonds is 1. The van der Waals surface area contributed by atoms with E-state index < -0.39 is 0 Å². The highest BCUT2D eigenvalue weighted by molar-refractivity contribution is 5.73. The monoisotopic (exact) mass is 203 g/mol. The van der Waals surface area contributed by atoms with Gasteiger partial charge in [0.05, 0.1) is 23.3 Å². The Bertz CT molecular complexity index is 446. The standard InChI is InChI=1S/C11H13N3O/c1-7-8(3-5-15-7)11-13-9-2-4-12-6-10(9)14-11/h2,4,6-8H,3,5H2,1H3,(H,13,14). The van der Waals surface area contributed by atoms with E-state index in [0.717, 1.165) is 29.9 Å². The summed E-state index contributed by atoms with van der Waals surface area (Å²) in [5.41, 5.74) is 1.99. The van der Waals surface area contributed by atoms with E-state index in [2.05, 4.69) is 21.9 Å². The minimum absolute atomic E-state index is 0.263. The number of nitrogens with one attached hydrogen (secondary N) is 1. The first kappa shape index (κ1) is 8.85. The molecule has 0 saturated carbocycles. The Hall–Kier alpha value is -1.42. The predicted octanol–water partition coefficient (Wildman–Crippen LogP) is 1.85. The number of hydrogen-bond donors (Lipinski definition) is 1. The number of ether oxygens (including phenoxy) is 1. The molecular formula is C11H13N3O. The lowest BCUT2D eigenvalue weighted by Crippen LogP contribution is -2.10. The minimum atomic E-state index is 0.263. The van der Waals surface area contributed by atoms with Gasteiger partial charge in [-0.2, -0.15) is 0 Å². The van der Waals surface area contributed by atoms with Gasteiger partial charge in [0, 0.05) is 18.7 Å². The first-order valence-electron chi connectivity index (χ1n) is 5.26. The Morgan fingerprint density at radius 1 is 1.53 bits per heavy atom. The van der Waals surface area contributed by atoms with Crippen LogP contribution in [0.2, 0.25) is 0 Å². The molecule has 4 nitrogen and oxygen atoms in total.